The summed E-state index contributed by atoms with van der Waals surface area (Å²) < 4.78 is 38.4. The number of rotatable bonds is 3. The van der Waals surface area contributed by atoms with Gasteiger partial charge in [-0.05, 0) is 11.6 Å². The van der Waals surface area contributed by atoms with Crippen molar-refractivity contribution in [2.45, 2.75) is 18.8 Å². The monoisotopic (exact) mass is 287 g/mol. The largest absolute Gasteiger partial charge is 0.416 e. The molecule has 0 aliphatic carbocycles. The standard InChI is InChI=1S/C13H16F3N3O/c14-13(15,16)10-4-2-1-3-9(10)7-19-12(20)11-8-17-5-6-18-11/h1-4,11,17-18H,5-8H2,(H,19,20). The highest BCUT2D eigenvalue weighted by atomic mass is 19.4. The molecule has 4 nitrogen and oxygen atoms in total. The fourth-order valence-corrected chi connectivity index (χ4v) is 2.10. The zero-order chi connectivity index (χ0) is 14.6. The number of benzene rings is 1. The van der Waals surface area contributed by atoms with Crippen LogP contribution in [0.3, 0.4) is 0 Å². The summed E-state index contributed by atoms with van der Waals surface area (Å²) in [5.74, 6) is -0.297. The highest BCUT2D eigenvalue weighted by molar-refractivity contribution is 5.82. The van der Waals surface area contributed by atoms with E-state index in [-0.39, 0.29) is 18.0 Å². The number of carbonyl (C=O) groups is 1. The number of alkyl halides is 3. The zero-order valence-corrected chi connectivity index (χ0v) is 10.8. The Hall–Kier alpha value is -1.60. The van der Waals surface area contributed by atoms with Gasteiger partial charge in [-0.2, -0.15) is 13.2 Å². The van der Waals surface area contributed by atoms with Gasteiger partial charge in [-0.3, -0.25) is 4.79 Å². The quantitative estimate of drug-likeness (QED) is 0.773. The Bertz CT molecular complexity index is 470. The summed E-state index contributed by atoms with van der Waals surface area (Å²) >= 11 is 0. The first-order valence-corrected chi connectivity index (χ1v) is 6.35. The minimum Gasteiger partial charge on any atom is -0.351 e. The molecular formula is C13H16F3N3O. The molecule has 1 saturated heterocycles. The summed E-state index contributed by atoms with van der Waals surface area (Å²) in [5, 5.41) is 8.59. The van der Waals surface area contributed by atoms with Gasteiger partial charge in [0.15, 0.2) is 0 Å². The van der Waals surface area contributed by atoms with Crippen molar-refractivity contribution in [3.63, 3.8) is 0 Å². The van der Waals surface area contributed by atoms with Gasteiger partial charge in [0.25, 0.3) is 0 Å². The minimum atomic E-state index is -4.41. The fraction of sp³-hybridized carbons (Fsp3) is 0.462. The van der Waals surface area contributed by atoms with E-state index < -0.39 is 17.8 Å². The Morgan fingerprint density at radius 2 is 2.05 bits per heavy atom. The van der Waals surface area contributed by atoms with Crippen LogP contribution in [0.1, 0.15) is 11.1 Å². The Labute approximate surface area is 114 Å². The molecule has 2 rings (SSSR count). The van der Waals surface area contributed by atoms with E-state index >= 15 is 0 Å². The van der Waals surface area contributed by atoms with E-state index in [0.717, 1.165) is 12.6 Å². The van der Waals surface area contributed by atoms with Crippen LogP contribution in [0, 0.1) is 0 Å². The molecule has 1 aromatic rings. The molecule has 3 N–H and O–H groups in total. The van der Waals surface area contributed by atoms with E-state index in [2.05, 4.69) is 16.0 Å². The number of carbonyl (C=O) groups excluding carboxylic acids is 1. The lowest BCUT2D eigenvalue weighted by Crippen LogP contribution is -2.55. The van der Waals surface area contributed by atoms with Crippen LogP contribution in [0.5, 0.6) is 0 Å². The van der Waals surface area contributed by atoms with Crippen molar-refractivity contribution in [3.05, 3.63) is 35.4 Å². The molecule has 1 unspecified atom stereocenters. The Morgan fingerprint density at radius 3 is 2.70 bits per heavy atom. The number of hydrogen-bond donors (Lipinski definition) is 3. The SMILES string of the molecule is O=C(NCc1ccccc1C(F)(F)F)C1CNCCN1. The van der Waals surface area contributed by atoms with Crippen LogP contribution in [0.15, 0.2) is 24.3 Å². The molecule has 0 spiro atoms. The molecule has 1 amide bonds. The van der Waals surface area contributed by atoms with Gasteiger partial charge in [0.1, 0.15) is 0 Å². The summed E-state index contributed by atoms with van der Waals surface area (Å²) in [6.07, 6.45) is -4.41. The van der Waals surface area contributed by atoms with E-state index in [9.17, 15) is 18.0 Å². The second-order valence-corrected chi connectivity index (χ2v) is 4.58. The first-order valence-electron chi connectivity index (χ1n) is 6.35. The molecule has 0 saturated carbocycles. The van der Waals surface area contributed by atoms with Crippen molar-refractivity contribution in [3.8, 4) is 0 Å². The first-order chi connectivity index (χ1) is 9.48. The maximum absolute atomic E-state index is 12.8. The van der Waals surface area contributed by atoms with Crippen molar-refractivity contribution in [1.29, 1.82) is 0 Å². The van der Waals surface area contributed by atoms with Crippen molar-refractivity contribution in [2.24, 2.45) is 0 Å². The van der Waals surface area contributed by atoms with Gasteiger partial charge in [0.05, 0.1) is 11.6 Å². The maximum atomic E-state index is 12.8. The number of piperazine rings is 1. The van der Waals surface area contributed by atoms with Gasteiger partial charge in [-0.25, -0.2) is 0 Å². The Morgan fingerprint density at radius 1 is 1.30 bits per heavy atom. The number of nitrogens with one attached hydrogen (secondary N) is 3. The predicted octanol–water partition coefficient (Wildman–Crippen LogP) is 0.883. The van der Waals surface area contributed by atoms with E-state index in [1.165, 1.54) is 18.2 Å². The molecule has 7 heteroatoms. The molecule has 1 heterocycles. The average Bonchev–Trinajstić information content (AvgIpc) is 2.45. The van der Waals surface area contributed by atoms with Crippen LogP contribution in [0.4, 0.5) is 13.2 Å². The van der Waals surface area contributed by atoms with E-state index in [4.69, 9.17) is 0 Å². The molecule has 1 aromatic carbocycles. The normalized spacial score (nSPS) is 19.6. The summed E-state index contributed by atoms with van der Waals surface area (Å²) in [7, 11) is 0. The van der Waals surface area contributed by atoms with Crippen LogP contribution in [0.2, 0.25) is 0 Å². The molecule has 20 heavy (non-hydrogen) atoms. The van der Waals surface area contributed by atoms with Crippen molar-refractivity contribution in [1.82, 2.24) is 16.0 Å². The van der Waals surface area contributed by atoms with Crippen LogP contribution in [0.25, 0.3) is 0 Å². The van der Waals surface area contributed by atoms with Gasteiger partial charge >= 0.3 is 6.18 Å². The van der Waals surface area contributed by atoms with E-state index in [1.807, 2.05) is 0 Å². The van der Waals surface area contributed by atoms with Crippen molar-refractivity contribution >= 4 is 5.91 Å². The van der Waals surface area contributed by atoms with Gasteiger partial charge in [-0.1, -0.05) is 18.2 Å². The molecule has 0 radical (unpaired) electrons. The van der Waals surface area contributed by atoms with E-state index in [0.29, 0.717) is 13.1 Å². The van der Waals surface area contributed by atoms with Gasteiger partial charge in [-0.15, -0.1) is 0 Å². The predicted molar refractivity (Wildman–Crippen MR) is 68.0 cm³/mol. The topological polar surface area (TPSA) is 53.2 Å². The third-order valence-corrected chi connectivity index (χ3v) is 3.13. The molecule has 0 aromatic heterocycles. The number of amides is 1. The molecule has 110 valence electrons. The summed E-state index contributed by atoms with van der Waals surface area (Å²) in [4.78, 5) is 11.8. The molecule has 1 aliphatic rings. The van der Waals surface area contributed by atoms with Crippen LogP contribution in [-0.4, -0.2) is 31.6 Å². The highest BCUT2D eigenvalue weighted by Gasteiger charge is 2.33. The highest BCUT2D eigenvalue weighted by Crippen LogP contribution is 2.31. The molecule has 1 aliphatic heterocycles. The van der Waals surface area contributed by atoms with Gasteiger partial charge in [0, 0.05) is 26.2 Å². The summed E-state index contributed by atoms with van der Waals surface area (Å²) in [6, 6.07) is 4.84. The smallest absolute Gasteiger partial charge is 0.351 e. The lowest BCUT2D eigenvalue weighted by atomic mass is 10.1. The zero-order valence-electron chi connectivity index (χ0n) is 10.8. The molecular weight excluding hydrogens is 271 g/mol. The molecule has 0 bridgehead atoms. The number of hydrogen-bond acceptors (Lipinski definition) is 3. The Kier molecular flexibility index (Phi) is 4.61. The number of halogens is 3. The first kappa shape index (κ1) is 14.8. The average molecular weight is 287 g/mol. The molecule has 1 fully saturated rings. The van der Waals surface area contributed by atoms with Crippen LogP contribution < -0.4 is 16.0 Å². The van der Waals surface area contributed by atoms with Crippen molar-refractivity contribution in [2.75, 3.05) is 19.6 Å². The minimum absolute atomic E-state index is 0.0668. The van der Waals surface area contributed by atoms with Crippen LogP contribution in [-0.2, 0) is 17.5 Å². The fourth-order valence-electron chi connectivity index (χ4n) is 2.10. The summed E-state index contributed by atoms with van der Waals surface area (Å²) in [5.41, 5.74) is -0.646. The van der Waals surface area contributed by atoms with Gasteiger partial charge < -0.3 is 16.0 Å². The van der Waals surface area contributed by atoms with E-state index in [1.54, 1.807) is 0 Å². The van der Waals surface area contributed by atoms with Crippen LogP contribution >= 0.6 is 0 Å². The second-order valence-electron chi connectivity index (χ2n) is 4.58. The molecule has 1 atom stereocenters. The van der Waals surface area contributed by atoms with Crippen molar-refractivity contribution < 1.29 is 18.0 Å². The third kappa shape index (κ3) is 3.71. The third-order valence-electron chi connectivity index (χ3n) is 3.13. The maximum Gasteiger partial charge on any atom is 0.416 e. The lowest BCUT2D eigenvalue weighted by Gasteiger charge is -2.23. The lowest BCUT2D eigenvalue weighted by molar-refractivity contribution is -0.138. The second kappa shape index (κ2) is 6.23. The summed E-state index contributed by atoms with van der Waals surface area (Å²) in [6.45, 7) is 1.79. The Balaban J connectivity index is 1.98. The van der Waals surface area contributed by atoms with Gasteiger partial charge in [0.2, 0.25) is 5.91 Å².